The molecule has 0 bridgehead atoms. The first-order chi connectivity index (χ1) is 18.6. The Labute approximate surface area is 230 Å². The van der Waals surface area contributed by atoms with Crippen molar-refractivity contribution in [2.75, 3.05) is 36.5 Å². The number of nitrogens with zero attached hydrogens (tertiary/aromatic N) is 4. The van der Waals surface area contributed by atoms with E-state index in [4.69, 9.17) is 5.26 Å². The van der Waals surface area contributed by atoms with Gasteiger partial charge in [0.2, 0.25) is 5.91 Å². The Balaban J connectivity index is 1.55. The van der Waals surface area contributed by atoms with Gasteiger partial charge in [0.15, 0.2) is 0 Å². The fourth-order valence-corrected chi connectivity index (χ4v) is 5.86. The second-order valence-electron chi connectivity index (χ2n) is 10.4. The Morgan fingerprint density at radius 2 is 1.82 bits per heavy atom. The number of halogens is 1. The summed E-state index contributed by atoms with van der Waals surface area (Å²) in [4.78, 5) is 19.4. The lowest BCUT2D eigenvalue weighted by Gasteiger charge is -2.42. The molecular weight excluding hydrogens is 517 g/mol. The van der Waals surface area contributed by atoms with Crippen molar-refractivity contribution in [2.24, 2.45) is 0 Å². The van der Waals surface area contributed by atoms with Gasteiger partial charge in [-0.3, -0.25) is 9.69 Å². The summed E-state index contributed by atoms with van der Waals surface area (Å²) >= 11 is 0. The molecule has 0 spiro atoms. The second kappa shape index (κ2) is 12.2. The number of alkyl halides is 1. The van der Waals surface area contributed by atoms with Crippen LogP contribution in [-0.2, 0) is 34.3 Å². The number of nitrogens with one attached hydrogen (secondary N) is 1. The zero-order chi connectivity index (χ0) is 28.2. The summed E-state index contributed by atoms with van der Waals surface area (Å²) in [7, 11) is -3.20. The molecule has 2 aromatic rings. The molecule has 2 heterocycles. The highest BCUT2D eigenvalue weighted by atomic mass is 32.2. The summed E-state index contributed by atoms with van der Waals surface area (Å²) < 4.78 is 37.7. The van der Waals surface area contributed by atoms with Crippen LogP contribution in [0, 0.1) is 11.3 Å². The highest BCUT2D eigenvalue weighted by Gasteiger charge is 2.35. The minimum Gasteiger partial charge on any atom is -0.370 e. The lowest BCUT2D eigenvalue weighted by atomic mass is 10.0. The summed E-state index contributed by atoms with van der Waals surface area (Å²) in [6.45, 7) is 5.01. The number of anilines is 1. The molecule has 8 nitrogen and oxygen atoms in total. The largest absolute Gasteiger partial charge is 0.370 e. The Kier molecular flexibility index (Phi) is 8.93. The van der Waals surface area contributed by atoms with Crippen LogP contribution < -0.4 is 10.2 Å². The van der Waals surface area contributed by atoms with Crippen molar-refractivity contribution in [1.82, 2.24) is 15.1 Å². The van der Waals surface area contributed by atoms with Crippen LogP contribution >= 0.6 is 0 Å². The molecule has 2 aliphatic rings. The van der Waals surface area contributed by atoms with Crippen molar-refractivity contribution in [3.63, 3.8) is 0 Å². The van der Waals surface area contributed by atoms with Gasteiger partial charge in [0.25, 0.3) is 0 Å². The first-order valence-electron chi connectivity index (χ1n) is 13.2. The molecule has 1 unspecified atom stereocenters. The van der Waals surface area contributed by atoms with E-state index in [1.807, 2.05) is 37.4 Å². The third-order valence-corrected chi connectivity index (χ3v) is 8.39. The number of benzene rings is 2. The highest BCUT2D eigenvalue weighted by molar-refractivity contribution is 7.90. The smallest absolute Gasteiger partial charge is 0.241 e. The van der Waals surface area contributed by atoms with E-state index in [1.165, 1.54) is 6.26 Å². The summed E-state index contributed by atoms with van der Waals surface area (Å²) in [5, 5.41) is 12.4. The molecule has 1 fully saturated rings. The topological polar surface area (TPSA) is 96.8 Å². The van der Waals surface area contributed by atoms with Gasteiger partial charge >= 0.3 is 0 Å². The molecular formula is C29H36FN5O3S. The van der Waals surface area contributed by atoms with Crippen LogP contribution in [0.5, 0.6) is 0 Å². The van der Waals surface area contributed by atoms with E-state index in [2.05, 4.69) is 28.1 Å². The van der Waals surface area contributed by atoms with E-state index in [-0.39, 0.29) is 30.4 Å². The predicted molar refractivity (Wildman–Crippen MR) is 150 cm³/mol. The number of hydrogen-bond donors (Lipinski definition) is 1. The van der Waals surface area contributed by atoms with Crippen LogP contribution in [0.4, 0.5) is 10.1 Å². The maximum Gasteiger partial charge on any atom is 0.241 e. The van der Waals surface area contributed by atoms with Crippen molar-refractivity contribution in [2.45, 2.75) is 52.1 Å². The average molecular weight is 554 g/mol. The fourth-order valence-electron chi connectivity index (χ4n) is 5.16. The normalized spacial score (nSPS) is 20.1. The van der Waals surface area contributed by atoms with Crippen LogP contribution in [-0.4, -0.2) is 68.0 Å². The number of carbonyl (C=O) groups excluding carboxylic acids is 1. The number of rotatable bonds is 10. The van der Waals surface area contributed by atoms with Gasteiger partial charge in [-0.15, -0.1) is 0 Å². The second-order valence-corrected chi connectivity index (χ2v) is 12.7. The molecule has 0 saturated carbocycles. The molecule has 208 valence electrons. The van der Waals surface area contributed by atoms with E-state index >= 15 is 0 Å². The van der Waals surface area contributed by atoms with Gasteiger partial charge in [-0.2, -0.15) is 5.26 Å². The summed E-state index contributed by atoms with van der Waals surface area (Å²) in [6, 6.07) is 14.9. The zero-order valence-corrected chi connectivity index (χ0v) is 23.5. The van der Waals surface area contributed by atoms with Crippen LogP contribution in [0.2, 0.25) is 0 Å². The first kappa shape index (κ1) is 28.6. The number of amides is 1. The summed E-state index contributed by atoms with van der Waals surface area (Å²) in [5.74, 6) is -0.0780. The number of piperazine rings is 1. The van der Waals surface area contributed by atoms with E-state index < -0.39 is 16.5 Å². The van der Waals surface area contributed by atoms with Crippen LogP contribution in [0.1, 0.15) is 42.5 Å². The molecule has 1 N–H and O–H groups in total. The first-order valence-corrected chi connectivity index (χ1v) is 15.3. The van der Waals surface area contributed by atoms with Gasteiger partial charge in [-0.25, -0.2) is 12.8 Å². The third-order valence-electron chi connectivity index (χ3n) is 7.41. The average Bonchev–Trinajstić information content (AvgIpc) is 3.26. The van der Waals surface area contributed by atoms with Gasteiger partial charge in [0.1, 0.15) is 16.5 Å². The number of aryl methyl sites for hydroxylation is 1. The standard InChI is InChI=1S/C29H36FN5O3S/c1-4-22-11-25(14-30)13-27(12-22)35-19-26(9-10-39(3,37)38)33(20-29(35)36)18-28-16-32-21(2)34(28)17-24-7-5-23(15-31)6-8-24/h5-8,11-13,16,21,26,32H,4,9-10,14,17-20H2,1-3H3/t21?,26-/m0/s1. The Bertz CT molecular complexity index is 1350. The molecule has 1 amide bonds. The molecule has 2 aliphatic heterocycles. The van der Waals surface area contributed by atoms with E-state index in [0.717, 1.165) is 23.2 Å². The highest BCUT2D eigenvalue weighted by Crippen LogP contribution is 2.27. The van der Waals surface area contributed by atoms with E-state index in [0.29, 0.717) is 42.9 Å². The Hall–Kier alpha value is -3.42. The predicted octanol–water partition coefficient (Wildman–Crippen LogP) is 3.33. The van der Waals surface area contributed by atoms with E-state index in [1.54, 1.807) is 23.1 Å². The summed E-state index contributed by atoms with van der Waals surface area (Å²) in [6.07, 6.45) is 4.33. The molecule has 1 saturated heterocycles. The van der Waals surface area contributed by atoms with Crippen LogP contribution in [0.25, 0.3) is 0 Å². The van der Waals surface area contributed by atoms with Crippen molar-refractivity contribution >= 4 is 21.4 Å². The van der Waals surface area contributed by atoms with Crippen molar-refractivity contribution in [3.8, 4) is 6.07 Å². The summed E-state index contributed by atoms with van der Waals surface area (Å²) in [5.41, 5.74) is 4.82. The van der Waals surface area contributed by atoms with Gasteiger partial charge in [0, 0.05) is 49.5 Å². The minimum absolute atomic E-state index is 0.0174. The van der Waals surface area contributed by atoms with Crippen molar-refractivity contribution in [1.29, 1.82) is 5.26 Å². The van der Waals surface area contributed by atoms with E-state index in [9.17, 15) is 17.6 Å². The molecule has 4 rings (SSSR count). The molecule has 39 heavy (non-hydrogen) atoms. The molecule has 0 radical (unpaired) electrons. The quantitative estimate of drug-likeness (QED) is 0.482. The van der Waals surface area contributed by atoms with Crippen molar-refractivity contribution in [3.05, 3.63) is 76.6 Å². The van der Waals surface area contributed by atoms with Crippen LogP contribution in [0.15, 0.2) is 54.4 Å². The zero-order valence-electron chi connectivity index (χ0n) is 22.7. The fraction of sp³-hybridized carbons (Fsp3) is 0.448. The Morgan fingerprint density at radius 3 is 2.46 bits per heavy atom. The van der Waals surface area contributed by atoms with Gasteiger partial charge < -0.3 is 15.1 Å². The minimum atomic E-state index is -3.20. The molecule has 2 atom stereocenters. The molecule has 2 aromatic carbocycles. The van der Waals surface area contributed by atoms with Gasteiger partial charge in [-0.1, -0.05) is 25.1 Å². The SMILES string of the molecule is CCc1cc(CF)cc(N2C[C@H](CCS(C)(=O)=O)N(CC3=CNC(C)N3Cc3ccc(C#N)cc3)CC2=O)c1. The van der Waals surface area contributed by atoms with Crippen LogP contribution in [0.3, 0.4) is 0 Å². The number of carbonyl (C=O) groups is 1. The lowest BCUT2D eigenvalue weighted by molar-refractivity contribution is -0.122. The number of hydrogen-bond acceptors (Lipinski definition) is 7. The maximum atomic E-state index is 13.6. The molecule has 10 heteroatoms. The third kappa shape index (κ3) is 7.16. The van der Waals surface area contributed by atoms with Gasteiger partial charge in [-0.05, 0) is 60.7 Å². The number of nitriles is 1. The molecule has 0 aromatic heterocycles. The Morgan fingerprint density at radius 1 is 1.10 bits per heavy atom. The monoisotopic (exact) mass is 553 g/mol. The number of sulfone groups is 1. The van der Waals surface area contributed by atoms with Crippen molar-refractivity contribution < 1.29 is 17.6 Å². The maximum absolute atomic E-state index is 13.6. The lowest BCUT2D eigenvalue weighted by Crippen LogP contribution is -2.57. The van der Waals surface area contributed by atoms with Gasteiger partial charge in [0.05, 0.1) is 30.1 Å². The molecule has 0 aliphatic carbocycles.